The van der Waals surface area contributed by atoms with Crippen LogP contribution < -0.4 is 16.2 Å². The van der Waals surface area contributed by atoms with Crippen molar-refractivity contribution in [2.45, 2.75) is 13.3 Å². The van der Waals surface area contributed by atoms with Crippen LogP contribution in [0, 0.1) is 0 Å². The fourth-order valence-corrected chi connectivity index (χ4v) is 1.49. The Morgan fingerprint density at radius 1 is 1.39 bits per heavy atom. The van der Waals surface area contributed by atoms with E-state index in [1.54, 1.807) is 6.07 Å². The number of aromatic amines is 1. The molecule has 0 amide bonds. The van der Waals surface area contributed by atoms with Gasteiger partial charge in [-0.1, -0.05) is 19.1 Å². The van der Waals surface area contributed by atoms with Gasteiger partial charge in [-0.3, -0.25) is 4.98 Å². The largest absolute Gasteiger partial charge is 0.494 e. The summed E-state index contributed by atoms with van der Waals surface area (Å²) in [5, 5.41) is 0. The molecule has 1 heterocycles. The highest BCUT2D eigenvalue weighted by molar-refractivity contribution is 5.57. The second-order valence-corrected chi connectivity index (χ2v) is 3.74. The lowest BCUT2D eigenvalue weighted by atomic mass is 10.2. The van der Waals surface area contributed by atoms with Gasteiger partial charge in [0.05, 0.1) is 6.61 Å². The van der Waals surface area contributed by atoms with Gasteiger partial charge < -0.3 is 10.5 Å². The predicted octanol–water partition coefficient (Wildman–Crippen LogP) is 1.20. The second-order valence-electron chi connectivity index (χ2n) is 3.74. The molecule has 6 nitrogen and oxygen atoms in total. The molecule has 0 fully saturated rings. The molecule has 1 aromatic heterocycles. The molecule has 18 heavy (non-hydrogen) atoms. The number of hydrogen-bond donors (Lipinski definition) is 2. The average molecular weight is 246 g/mol. The molecule has 0 aliphatic heterocycles. The van der Waals surface area contributed by atoms with Crippen molar-refractivity contribution in [1.29, 1.82) is 0 Å². The summed E-state index contributed by atoms with van der Waals surface area (Å²) in [6.45, 7) is 2.68. The molecule has 0 radical (unpaired) electrons. The summed E-state index contributed by atoms with van der Waals surface area (Å²) in [4.78, 5) is 21.2. The molecule has 0 atom stereocenters. The third-order valence-corrected chi connectivity index (χ3v) is 2.25. The van der Waals surface area contributed by atoms with E-state index in [9.17, 15) is 4.79 Å². The first-order chi connectivity index (χ1) is 8.69. The Labute approximate surface area is 104 Å². The quantitative estimate of drug-likeness (QED) is 0.845. The zero-order chi connectivity index (χ0) is 13.0. The summed E-state index contributed by atoms with van der Waals surface area (Å²) in [6, 6.07) is 7.29. The average Bonchev–Trinajstić information content (AvgIpc) is 2.35. The van der Waals surface area contributed by atoms with Crippen molar-refractivity contribution in [3.8, 4) is 17.1 Å². The summed E-state index contributed by atoms with van der Waals surface area (Å²) >= 11 is 0. The van der Waals surface area contributed by atoms with Gasteiger partial charge in [-0.2, -0.15) is 9.97 Å². The minimum absolute atomic E-state index is 0.0476. The van der Waals surface area contributed by atoms with Gasteiger partial charge in [0.1, 0.15) is 11.6 Å². The maximum Gasteiger partial charge on any atom is 0.349 e. The van der Waals surface area contributed by atoms with Gasteiger partial charge in [0, 0.05) is 5.56 Å². The molecule has 3 N–H and O–H groups in total. The molecule has 0 saturated carbocycles. The van der Waals surface area contributed by atoms with Crippen LogP contribution in [0.25, 0.3) is 11.4 Å². The van der Waals surface area contributed by atoms with Crippen LogP contribution in [0.1, 0.15) is 13.3 Å². The fraction of sp³-hybridized carbons (Fsp3) is 0.250. The molecular formula is C12H14N4O2. The Hall–Kier alpha value is -2.37. The van der Waals surface area contributed by atoms with E-state index in [-0.39, 0.29) is 5.95 Å². The summed E-state index contributed by atoms with van der Waals surface area (Å²) in [6.07, 6.45) is 0.932. The molecule has 0 saturated heterocycles. The lowest BCUT2D eigenvalue weighted by Gasteiger charge is -2.06. The van der Waals surface area contributed by atoms with Crippen LogP contribution in [0.5, 0.6) is 5.75 Å². The molecular weight excluding hydrogens is 232 g/mol. The number of nitrogens with one attached hydrogen (secondary N) is 1. The van der Waals surface area contributed by atoms with Crippen molar-refractivity contribution in [2.75, 3.05) is 12.3 Å². The number of benzene rings is 1. The van der Waals surface area contributed by atoms with Gasteiger partial charge in [0.15, 0.2) is 0 Å². The molecule has 2 aromatic rings. The molecule has 0 aliphatic rings. The van der Waals surface area contributed by atoms with Crippen molar-refractivity contribution in [3.05, 3.63) is 34.7 Å². The standard InChI is InChI=1S/C12H14N4O2/c1-2-6-18-9-5-3-4-8(7-9)10-14-11(13)16-12(17)15-10/h3-5,7H,2,6H2,1H3,(H3,13,14,15,16,17). The van der Waals surface area contributed by atoms with E-state index in [4.69, 9.17) is 10.5 Å². The van der Waals surface area contributed by atoms with Gasteiger partial charge in [0.25, 0.3) is 0 Å². The van der Waals surface area contributed by atoms with E-state index in [0.29, 0.717) is 12.4 Å². The fourth-order valence-electron chi connectivity index (χ4n) is 1.49. The number of H-pyrrole nitrogens is 1. The minimum Gasteiger partial charge on any atom is -0.494 e. The monoisotopic (exact) mass is 246 g/mol. The Morgan fingerprint density at radius 2 is 2.22 bits per heavy atom. The van der Waals surface area contributed by atoms with Crippen LogP contribution in [0.3, 0.4) is 0 Å². The maximum atomic E-state index is 11.2. The maximum absolute atomic E-state index is 11.2. The van der Waals surface area contributed by atoms with E-state index in [2.05, 4.69) is 15.0 Å². The topological polar surface area (TPSA) is 93.9 Å². The van der Waals surface area contributed by atoms with E-state index in [0.717, 1.165) is 17.7 Å². The first kappa shape index (κ1) is 12.1. The van der Waals surface area contributed by atoms with Gasteiger partial charge in [-0.05, 0) is 18.6 Å². The summed E-state index contributed by atoms with van der Waals surface area (Å²) in [5.74, 6) is 1.07. The first-order valence-electron chi connectivity index (χ1n) is 5.66. The van der Waals surface area contributed by atoms with E-state index >= 15 is 0 Å². The molecule has 0 aliphatic carbocycles. The lowest BCUT2D eigenvalue weighted by molar-refractivity contribution is 0.317. The van der Waals surface area contributed by atoms with Gasteiger partial charge in [-0.15, -0.1) is 0 Å². The lowest BCUT2D eigenvalue weighted by Crippen LogP contribution is -2.15. The molecule has 2 rings (SSSR count). The zero-order valence-corrected chi connectivity index (χ0v) is 10.0. The Balaban J connectivity index is 2.35. The van der Waals surface area contributed by atoms with E-state index < -0.39 is 5.69 Å². The van der Waals surface area contributed by atoms with Gasteiger partial charge >= 0.3 is 5.69 Å². The highest BCUT2D eigenvalue weighted by atomic mass is 16.5. The van der Waals surface area contributed by atoms with Crippen LogP contribution in [-0.4, -0.2) is 21.6 Å². The molecule has 6 heteroatoms. The van der Waals surface area contributed by atoms with Gasteiger partial charge in [0.2, 0.25) is 5.95 Å². The number of nitrogens with zero attached hydrogens (tertiary/aromatic N) is 2. The van der Waals surface area contributed by atoms with Gasteiger partial charge in [-0.25, -0.2) is 4.79 Å². The van der Waals surface area contributed by atoms with Crippen molar-refractivity contribution in [1.82, 2.24) is 15.0 Å². The Bertz CT molecular complexity index is 595. The number of hydrogen-bond acceptors (Lipinski definition) is 5. The number of ether oxygens (including phenoxy) is 1. The second kappa shape index (κ2) is 5.31. The molecule has 94 valence electrons. The third kappa shape index (κ3) is 2.85. The molecule has 1 aromatic carbocycles. The first-order valence-corrected chi connectivity index (χ1v) is 5.66. The van der Waals surface area contributed by atoms with Crippen molar-refractivity contribution in [3.63, 3.8) is 0 Å². The summed E-state index contributed by atoms with van der Waals surface area (Å²) in [5.41, 5.74) is 5.66. The summed E-state index contributed by atoms with van der Waals surface area (Å²) < 4.78 is 5.51. The van der Waals surface area contributed by atoms with Crippen LogP contribution in [0.4, 0.5) is 5.95 Å². The van der Waals surface area contributed by atoms with Crippen molar-refractivity contribution < 1.29 is 4.74 Å². The summed E-state index contributed by atoms with van der Waals surface area (Å²) in [7, 11) is 0. The molecule has 0 bridgehead atoms. The van der Waals surface area contributed by atoms with Crippen molar-refractivity contribution >= 4 is 5.95 Å². The normalized spacial score (nSPS) is 10.3. The number of aromatic nitrogens is 3. The Morgan fingerprint density at radius 3 is 2.94 bits per heavy atom. The van der Waals surface area contributed by atoms with Crippen LogP contribution in [0.15, 0.2) is 29.1 Å². The van der Waals surface area contributed by atoms with Crippen molar-refractivity contribution in [2.24, 2.45) is 0 Å². The van der Waals surface area contributed by atoms with Crippen LogP contribution in [0.2, 0.25) is 0 Å². The number of rotatable bonds is 4. The highest BCUT2D eigenvalue weighted by Crippen LogP contribution is 2.20. The SMILES string of the molecule is CCCOc1cccc(-c2nc(N)nc(=O)[nH]2)c1. The van der Waals surface area contributed by atoms with Crippen LogP contribution in [-0.2, 0) is 0 Å². The van der Waals surface area contributed by atoms with Crippen LogP contribution >= 0.6 is 0 Å². The number of nitrogens with two attached hydrogens (primary N) is 1. The van der Waals surface area contributed by atoms with E-state index in [1.807, 2.05) is 25.1 Å². The highest BCUT2D eigenvalue weighted by Gasteiger charge is 2.04. The Kier molecular flexibility index (Phi) is 3.57. The minimum atomic E-state index is -0.516. The molecule has 0 spiro atoms. The third-order valence-electron chi connectivity index (χ3n) is 2.25. The predicted molar refractivity (Wildman–Crippen MR) is 68.3 cm³/mol. The number of nitrogen functional groups attached to an aromatic ring is 1. The smallest absolute Gasteiger partial charge is 0.349 e. The van der Waals surface area contributed by atoms with E-state index in [1.165, 1.54) is 0 Å². The molecule has 0 unspecified atom stereocenters. The zero-order valence-electron chi connectivity index (χ0n) is 10.0. The number of anilines is 1.